The van der Waals surface area contributed by atoms with E-state index in [4.69, 9.17) is 4.74 Å². The summed E-state index contributed by atoms with van der Waals surface area (Å²) in [7, 11) is -3.51. The van der Waals surface area contributed by atoms with Gasteiger partial charge in [0.05, 0.1) is 11.3 Å². The molecule has 1 heterocycles. The Kier molecular flexibility index (Phi) is 6.57. The van der Waals surface area contributed by atoms with Gasteiger partial charge in [0.25, 0.3) is 5.91 Å². The molecule has 7 nitrogen and oxygen atoms in total. The van der Waals surface area contributed by atoms with Crippen LogP contribution in [-0.4, -0.2) is 48.6 Å². The Morgan fingerprint density at radius 1 is 1.03 bits per heavy atom. The van der Waals surface area contributed by atoms with Gasteiger partial charge in [-0.3, -0.25) is 9.59 Å². The van der Waals surface area contributed by atoms with E-state index in [1.807, 2.05) is 0 Å². The van der Waals surface area contributed by atoms with E-state index in [0.717, 1.165) is 38.5 Å². The third-order valence-corrected chi connectivity index (χ3v) is 10.9. The summed E-state index contributed by atoms with van der Waals surface area (Å²) >= 11 is 3.96. The number of benzene rings is 1. The number of carbonyl (C=O) groups excluding carboxylic acids is 2. The predicted octanol–water partition coefficient (Wildman–Crippen LogP) is 4.47. The number of ether oxygens (including phenoxy) is 1. The maximum atomic E-state index is 12.8. The second kappa shape index (κ2) is 9.21. The highest BCUT2D eigenvalue weighted by Gasteiger charge is 2.57. The highest BCUT2D eigenvalue weighted by atomic mass is 79.9. The molecule has 9 heteroatoms. The second-order valence-corrected chi connectivity index (χ2v) is 14.6. The number of carbonyl (C=O) groups is 2. The lowest BCUT2D eigenvalue weighted by Crippen LogP contribution is -2.53. The summed E-state index contributed by atoms with van der Waals surface area (Å²) in [6, 6.07) is 6.16. The van der Waals surface area contributed by atoms with Crippen LogP contribution in [0.4, 0.5) is 5.69 Å². The van der Waals surface area contributed by atoms with Gasteiger partial charge in [-0.15, -0.1) is 0 Å². The van der Waals surface area contributed by atoms with E-state index in [0.29, 0.717) is 37.0 Å². The van der Waals surface area contributed by atoms with Crippen molar-refractivity contribution in [2.75, 3.05) is 25.0 Å². The third-order valence-electron chi connectivity index (χ3n) is 8.09. The van der Waals surface area contributed by atoms with Crippen LogP contribution in [0.5, 0.6) is 0 Å². The zero-order valence-corrected chi connectivity index (χ0v) is 21.8. The van der Waals surface area contributed by atoms with Crippen LogP contribution in [-0.2, 0) is 24.3 Å². The van der Waals surface area contributed by atoms with Crippen molar-refractivity contribution in [1.29, 1.82) is 0 Å². The number of piperidine rings is 1. The van der Waals surface area contributed by atoms with E-state index < -0.39 is 15.9 Å². The Hall–Kier alpha value is -1.45. The monoisotopic (exact) mass is 552 g/mol. The molecule has 4 aliphatic carbocycles. The summed E-state index contributed by atoms with van der Waals surface area (Å²) in [4.78, 5) is 25.2. The molecule has 1 aromatic carbocycles. The molecule has 0 unspecified atom stereocenters. The highest BCUT2D eigenvalue weighted by molar-refractivity contribution is 9.10. The topological polar surface area (TPSA) is 92.8 Å². The Bertz CT molecular complexity index is 1040. The van der Waals surface area contributed by atoms with Gasteiger partial charge in [-0.2, -0.15) is 4.31 Å². The van der Waals surface area contributed by atoms with Gasteiger partial charge in [-0.1, -0.05) is 22.4 Å². The fourth-order valence-electron chi connectivity index (χ4n) is 7.21. The van der Waals surface area contributed by atoms with Gasteiger partial charge in [0, 0.05) is 23.1 Å². The highest BCUT2D eigenvalue weighted by Crippen LogP contribution is 2.65. The van der Waals surface area contributed by atoms with Gasteiger partial charge in [0.2, 0.25) is 10.0 Å². The number of nitrogens with one attached hydrogen (secondary N) is 1. The number of nitrogens with zero attached hydrogens (tertiary/aromatic N) is 1. The molecule has 1 amide bonds. The third kappa shape index (κ3) is 5.07. The normalized spacial score (nSPS) is 33.0. The lowest BCUT2D eigenvalue weighted by molar-refractivity contribution is -0.153. The van der Waals surface area contributed by atoms with Crippen molar-refractivity contribution < 1.29 is 22.7 Å². The smallest absolute Gasteiger partial charge is 0.306 e. The number of anilines is 1. The Balaban J connectivity index is 1.11. The molecule has 1 N–H and O–H groups in total. The van der Waals surface area contributed by atoms with Gasteiger partial charge >= 0.3 is 5.97 Å². The van der Waals surface area contributed by atoms with Crippen LogP contribution in [0, 0.1) is 17.3 Å². The van der Waals surface area contributed by atoms with Crippen LogP contribution < -0.4 is 5.32 Å². The summed E-state index contributed by atoms with van der Waals surface area (Å²) in [6.07, 6.45) is 10.1. The first kappa shape index (κ1) is 24.3. The van der Waals surface area contributed by atoms with Crippen molar-refractivity contribution in [2.24, 2.45) is 17.3 Å². The predicted molar refractivity (Wildman–Crippen MR) is 132 cm³/mol. The number of amides is 1. The maximum absolute atomic E-state index is 12.8. The number of hydrogen-bond acceptors (Lipinski definition) is 5. The molecule has 34 heavy (non-hydrogen) atoms. The molecule has 4 saturated carbocycles. The van der Waals surface area contributed by atoms with Gasteiger partial charge in [0.1, 0.15) is 0 Å². The molecule has 1 aliphatic heterocycles. The van der Waals surface area contributed by atoms with E-state index in [2.05, 4.69) is 21.2 Å². The molecule has 4 bridgehead atoms. The maximum Gasteiger partial charge on any atom is 0.306 e. The number of rotatable bonds is 7. The second-order valence-electron chi connectivity index (χ2n) is 11.0. The first-order valence-corrected chi connectivity index (χ1v) is 14.6. The SMILES string of the molecule is O=C(COC(=O)CC12C[C@H]3C[C@@H](CC(Br)(C3)C1)C2)Nc1ccc(S(=O)(=O)N2CCCCC2)cc1. The van der Waals surface area contributed by atoms with Crippen molar-refractivity contribution in [2.45, 2.75) is 73.4 Å². The fraction of sp³-hybridized carbons (Fsp3) is 0.680. The summed E-state index contributed by atoms with van der Waals surface area (Å²) in [5, 5.41) is 2.69. The summed E-state index contributed by atoms with van der Waals surface area (Å²) in [6.45, 7) is 0.756. The molecule has 1 aromatic rings. The molecular formula is C25H33BrN2O5S. The van der Waals surface area contributed by atoms with Crippen LogP contribution in [0.2, 0.25) is 0 Å². The van der Waals surface area contributed by atoms with Crippen molar-refractivity contribution >= 4 is 43.5 Å². The minimum atomic E-state index is -3.51. The van der Waals surface area contributed by atoms with E-state index in [9.17, 15) is 18.0 Å². The number of halogens is 1. The van der Waals surface area contributed by atoms with Gasteiger partial charge in [-0.25, -0.2) is 8.42 Å². The van der Waals surface area contributed by atoms with Crippen LogP contribution in [0.25, 0.3) is 0 Å². The lowest BCUT2D eigenvalue weighted by Gasteiger charge is -2.60. The van der Waals surface area contributed by atoms with Crippen LogP contribution in [0.1, 0.15) is 64.2 Å². The first-order chi connectivity index (χ1) is 16.1. The number of esters is 1. The molecule has 0 radical (unpaired) electrons. The largest absolute Gasteiger partial charge is 0.456 e. The van der Waals surface area contributed by atoms with E-state index in [-0.39, 0.29) is 27.2 Å². The zero-order valence-electron chi connectivity index (χ0n) is 19.4. The minimum absolute atomic E-state index is 0.0107. The molecular weight excluding hydrogens is 520 g/mol. The lowest BCUT2D eigenvalue weighted by atomic mass is 9.49. The van der Waals surface area contributed by atoms with Crippen LogP contribution in [0.3, 0.4) is 0 Å². The van der Waals surface area contributed by atoms with E-state index >= 15 is 0 Å². The quantitative estimate of drug-likeness (QED) is 0.398. The standard InChI is InChI=1S/C25H33BrN2O5S/c26-25-13-18-10-19(14-25)12-24(11-18,17-25)15-23(30)33-16-22(29)27-20-4-6-21(7-5-20)34(31,32)28-8-2-1-3-9-28/h4-7,18-19H,1-3,8-17H2,(H,27,29)/t18-,19-,24?,25?/m1/s1. The average molecular weight is 554 g/mol. The average Bonchev–Trinajstić information content (AvgIpc) is 2.77. The number of alkyl halides is 1. The molecule has 0 spiro atoms. The molecule has 5 aliphatic rings. The Labute approximate surface area is 210 Å². The van der Waals surface area contributed by atoms with Crippen molar-refractivity contribution in [3.05, 3.63) is 24.3 Å². The molecule has 2 atom stereocenters. The Morgan fingerprint density at radius 2 is 1.68 bits per heavy atom. The van der Waals surface area contributed by atoms with Crippen molar-refractivity contribution in [1.82, 2.24) is 4.31 Å². The van der Waals surface area contributed by atoms with E-state index in [1.165, 1.54) is 35.7 Å². The van der Waals surface area contributed by atoms with Crippen LogP contribution in [0.15, 0.2) is 29.2 Å². The number of hydrogen-bond donors (Lipinski definition) is 1. The fourth-order valence-corrected chi connectivity index (χ4v) is 10.2. The number of sulfonamides is 1. The first-order valence-electron chi connectivity index (χ1n) is 12.4. The van der Waals surface area contributed by atoms with Crippen molar-refractivity contribution in [3.8, 4) is 0 Å². The summed E-state index contributed by atoms with van der Waals surface area (Å²) in [5.74, 6) is 0.649. The molecule has 186 valence electrons. The molecule has 0 aromatic heterocycles. The van der Waals surface area contributed by atoms with Gasteiger partial charge in [0.15, 0.2) is 6.61 Å². The minimum Gasteiger partial charge on any atom is -0.456 e. The summed E-state index contributed by atoms with van der Waals surface area (Å²) < 4.78 is 32.6. The molecule has 1 saturated heterocycles. The van der Waals surface area contributed by atoms with Gasteiger partial charge in [-0.05, 0) is 92.9 Å². The summed E-state index contributed by atoms with van der Waals surface area (Å²) in [5.41, 5.74) is 0.484. The Morgan fingerprint density at radius 3 is 2.29 bits per heavy atom. The molecule has 6 rings (SSSR count). The van der Waals surface area contributed by atoms with Gasteiger partial charge < -0.3 is 10.1 Å². The zero-order chi connectivity index (χ0) is 24.0. The van der Waals surface area contributed by atoms with E-state index in [1.54, 1.807) is 12.1 Å². The molecule has 5 fully saturated rings. The van der Waals surface area contributed by atoms with Crippen LogP contribution >= 0.6 is 15.9 Å². The van der Waals surface area contributed by atoms with Crippen molar-refractivity contribution in [3.63, 3.8) is 0 Å².